The molecule has 0 amide bonds. The summed E-state index contributed by atoms with van der Waals surface area (Å²) in [7, 11) is 0. The van der Waals surface area contributed by atoms with Gasteiger partial charge in [0.25, 0.3) is 5.56 Å². The molecule has 1 aromatic heterocycles. The minimum Gasteiger partial charge on any atom is -0.462 e. The molecule has 5 nitrogen and oxygen atoms in total. The Balaban J connectivity index is 1.58. The summed E-state index contributed by atoms with van der Waals surface area (Å²) < 4.78 is 19.6. The molecule has 3 rings (SSSR count). The van der Waals surface area contributed by atoms with E-state index < -0.39 is 11.8 Å². The SMILES string of the molecule is O=C(OCCCn1cnc2ccccc2c1=O)c1cccc(F)c1. The molecule has 0 aliphatic heterocycles. The van der Waals surface area contributed by atoms with Crippen LogP contribution in [0.2, 0.25) is 0 Å². The van der Waals surface area contributed by atoms with Crippen molar-refractivity contribution in [2.75, 3.05) is 6.61 Å². The number of rotatable bonds is 5. The number of nitrogens with zero attached hydrogens (tertiary/aromatic N) is 2. The number of esters is 1. The lowest BCUT2D eigenvalue weighted by Gasteiger charge is -2.07. The van der Waals surface area contributed by atoms with Gasteiger partial charge < -0.3 is 4.74 Å². The fourth-order valence-corrected chi connectivity index (χ4v) is 2.36. The van der Waals surface area contributed by atoms with Crippen LogP contribution in [0.1, 0.15) is 16.8 Å². The first-order valence-electron chi connectivity index (χ1n) is 7.52. The van der Waals surface area contributed by atoms with Crippen LogP contribution in [-0.2, 0) is 11.3 Å². The van der Waals surface area contributed by atoms with Crippen molar-refractivity contribution in [1.82, 2.24) is 9.55 Å². The lowest BCUT2D eigenvalue weighted by Crippen LogP contribution is -2.21. The van der Waals surface area contributed by atoms with Crippen molar-refractivity contribution in [3.05, 3.63) is 76.6 Å². The molecule has 24 heavy (non-hydrogen) atoms. The van der Waals surface area contributed by atoms with Gasteiger partial charge in [-0.2, -0.15) is 0 Å². The van der Waals surface area contributed by atoms with E-state index in [1.165, 1.54) is 29.1 Å². The van der Waals surface area contributed by atoms with Gasteiger partial charge in [0.1, 0.15) is 5.82 Å². The first kappa shape index (κ1) is 15.9. The Labute approximate surface area is 137 Å². The summed E-state index contributed by atoms with van der Waals surface area (Å²) >= 11 is 0. The minimum atomic E-state index is -0.585. The molecular formula is C18H15FN2O3. The minimum absolute atomic E-state index is 0.128. The highest BCUT2D eigenvalue weighted by atomic mass is 19.1. The number of fused-ring (bicyclic) bond motifs is 1. The number of aromatic nitrogens is 2. The normalized spacial score (nSPS) is 10.7. The number of carbonyl (C=O) groups is 1. The van der Waals surface area contributed by atoms with E-state index in [4.69, 9.17) is 4.74 Å². The molecule has 0 aliphatic carbocycles. The number of aryl methyl sites for hydroxylation is 1. The second-order valence-electron chi connectivity index (χ2n) is 5.26. The quantitative estimate of drug-likeness (QED) is 0.534. The Morgan fingerprint density at radius 1 is 1.17 bits per heavy atom. The van der Waals surface area contributed by atoms with E-state index in [0.717, 1.165) is 6.07 Å². The number of hydrogen-bond acceptors (Lipinski definition) is 4. The van der Waals surface area contributed by atoms with Gasteiger partial charge in [-0.05, 0) is 36.8 Å². The van der Waals surface area contributed by atoms with E-state index in [2.05, 4.69) is 4.98 Å². The third-order valence-corrected chi connectivity index (χ3v) is 3.57. The van der Waals surface area contributed by atoms with Crippen LogP contribution in [0.5, 0.6) is 0 Å². The van der Waals surface area contributed by atoms with Crippen molar-refractivity contribution in [2.24, 2.45) is 0 Å². The molecule has 0 radical (unpaired) electrons. The molecule has 0 aliphatic rings. The summed E-state index contributed by atoms with van der Waals surface area (Å²) in [6, 6.07) is 12.4. The molecule has 122 valence electrons. The third kappa shape index (κ3) is 3.48. The zero-order valence-electron chi connectivity index (χ0n) is 12.8. The van der Waals surface area contributed by atoms with Crippen LogP contribution in [0.4, 0.5) is 4.39 Å². The van der Waals surface area contributed by atoms with Crippen molar-refractivity contribution in [3.63, 3.8) is 0 Å². The van der Waals surface area contributed by atoms with Gasteiger partial charge in [0.2, 0.25) is 0 Å². The molecule has 3 aromatic rings. The number of ether oxygens (including phenoxy) is 1. The van der Waals surface area contributed by atoms with Crippen molar-refractivity contribution in [2.45, 2.75) is 13.0 Å². The maximum atomic E-state index is 13.1. The monoisotopic (exact) mass is 326 g/mol. The van der Waals surface area contributed by atoms with E-state index in [1.54, 1.807) is 18.2 Å². The average molecular weight is 326 g/mol. The number of benzene rings is 2. The van der Waals surface area contributed by atoms with Crippen LogP contribution in [0.15, 0.2) is 59.7 Å². The van der Waals surface area contributed by atoms with E-state index >= 15 is 0 Å². The summed E-state index contributed by atoms with van der Waals surface area (Å²) in [5.74, 6) is -1.07. The van der Waals surface area contributed by atoms with Gasteiger partial charge in [-0.25, -0.2) is 14.2 Å². The van der Waals surface area contributed by atoms with Crippen LogP contribution in [0.3, 0.4) is 0 Å². The van der Waals surface area contributed by atoms with Crippen LogP contribution in [-0.4, -0.2) is 22.1 Å². The molecule has 0 saturated carbocycles. The maximum absolute atomic E-state index is 13.1. The largest absolute Gasteiger partial charge is 0.462 e. The second kappa shape index (κ2) is 7.04. The number of carbonyl (C=O) groups excluding carboxylic acids is 1. The van der Waals surface area contributed by atoms with Crippen molar-refractivity contribution < 1.29 is 13.9 Å². The lowest BCUT2D eigenvalue weighted by atomic mass is 10.2. The van der Waals surface area contributed by atoms with Gasteiger partial charge in [0, 0.05) is 6.54 Å². The van der Waals surface area contributed by atoms with E-state index in [-0.39, 0.29) is 17.7 Å². The molecule has 0 N–H and O–H groups in total. The molecule has 2 aromatic carbocycles. The van der Waals surface area contributed by atoms with Gasteiger partial charge in [0.15, 0.2) is 0 Å². The molecule has 1 heterocycles. The van der Waals surface area contributed by atoms with Crippen LogP contribution < -0.4 is 5.56 Å². The summed E-state index contributed by atoms with van der Waals surface area (Å²) in [5, 5.41) is 0.553. The molecular weight excluding hydrogens is 311 g/mol. The predicted octanol–water partition coefficient (Wildman–Crippen LogP) is 2.78. The van der Waals surface area contributed by atoms with Crippen molar-refractivity contribution in [3.8, 4) is 0 Å². The van der Waals surface area contributed by atoms with E-state index in [1.807, 2.05) is 6.07 Å². The summed E-state index contributed by atoms with van der Waals surface area (Å²) in [5.41, 5.74) is 0.688. The Bertz CT molecular complexity index is 937. The summed E-state index contributed by atoms with van der Waals surface area (Å²) in [6.07, 6.45) is 1.94. The lowest BCUT2D eigenvalue weighted by molar-refractivity contribution is 0.0495. The van der Waals surface area contributed by atoms with Gasteiger partial charge in [-0.15, -0.1) is 0 Å². The fraction of sp³-hybridized carbons (Fsp3) is 0.167. The smallest absolute Gasteiger partial charge is 0.338 e. The molecule has 0 spiro atoms. The first-order chi connectivity index (χ1) is 11.6. The highest BCUT2D eigenvalue weighted by molar-refractivity contribution is 5.89. The van der Waals surface area contributed by atoms with Gasteiger partial charge in [-0.1, -0.05) is 18.2 Å². The molecule has 0 bridgehead atoms. The maximum Gasteiger partial charge on any atom is 0.338 e. The zero-order chi connectivity index (χ0) is 16.9. The Morgan fingerprint density at radius 2 is 2.00 bits per heavy atom. The fourth-order valence-electron chi connectivity index (χ4n) is 2.36. The predicted molar refractivity (Wildman–Crippen MR) is 87.3 cm³/mol. The topological polar surface area (TPSA) is 61.2 Å². The molecule has 6 heteroatoms. The van der Waals surface area contributed by atoms with Crippen LogP contribution >= 0.6 is 0 Å². The van der Waals surface area contributed by atoms with Crippen molar-refractivity contribution in [1.29, 1.82) is 0 Å². The number of halogens is 1. The molecule has 0 saturated heterocycles. The standard InChI is InChI=1S/C18H15FN2O3/c19-14-6-3-5-13(11-14)18(23)24-10-4-9-21-12-20-16-8-2-1-7-15(16)17(21)22/h1-3,5-8,11-12H,4,9-10H2. The van der Waals surface area contributed by atoms with Crippen LogP contribution in [0, 0.1) is 5.82 Å². The van der Waals surface area contributed by atoms with E-state index in [9.17, 15) is 14.0 Å². The van der Waals surface area contributed by atoms with Gasteiger partial charge in [0.05, 0.1) is 29.4 Å². The van der Waals surface area contributed by atoms with Gasteiger partial charge >= 0.3 is 5.97 Å². The summed E-state index contributed by atoms with van der Waals surface area (Å²) in [6.45, 7) is 0.516. The highest BCUT2D eigenvalue weighted by Gasteiger charge is 2.08. The molecule has 0 unspecified atom stereocenters. The average Bonchev–Trinajstić information content (AvgIpc) is 2.60. The first-order valence-corrected chi connectivity index (χ1v) is 7.52. The molecule has 0 atom stereocenters. The van der Waals surface area contributed by atoms with Crippen molar-refractivity contribution >= 4 is 16.9 Å². The van der Waals surface area contributed by atoms with Gasteiger partial charge in [-0.3, -0.25) is 9.36 Å². The third-order valence-electron chi connectivity index (χ3n) is 3.57. The number of para-hydroxylation sites is 1. The van der Waals surface area contributed by atoms with E-state index in [0.29, 0.717) is 23.9 Å². The number of hydrogen-bond donors (Lipinski definition) is 0. The Morgan fingerprint density at radius 3 is 2.83 bits per heavy atom. The molecule has 0 fully saturated rings. The van der Waals surface area contributed by atoms with Crippen LogP contribution in [0.25, 0.3) is 10.9 Å². The Kier molecular flexibility index (Phi) is 4.65. The Hall–Kier alpha value is -3.02. The summed E-state index contributed by atoms with van der Waals surface area (Å²) in [4.78, 5) is 28.3. The highest BCUT2D eigenvalue weighted by Crippen LogP contribution is 2.07. The zero-order valence-corrected chi connectivity index (χ0v) is 12.8. The second-order valence-corrected chi connectivity index (χ2v) is 5.26.